The van der Waals surface area contributed by atoms with E-state index in [0.717, 1.165) is 17.7 Å². The van der Waals surface area contributed by atoms with E-state index in [1.54, 1.807) is 19.3 Å². The number of aromatic nitrogens is 2. The fourth-order valence-corrected chi connectivity index (χ4v) is 2.00. The number of nitrogens with one attached hydrogen (secondary N) is 2. The zero-order chi connectivity index (χ0) is 16.5. The van der Waals surface area contributed by atoms with Crippen LogP contribution < -0.4 is 15.4 Å². The molecule has 6 nitrogen and oxygen atoms in total. The standard InChI is InChI=1S/C17H20N4O2/c1-3-8-19-17(22)15-11-16(21-12-20-15)18-9-7-13-5-4-6-14(10-13)23-2/h3-6,10-12H,1,7-9H2,2H3,(H,19,22)(H,18,20,21). The molecule has 0 saturated carbocycles. The largest absolute Gasteiger partial charge is 0.497 e. The van der Waals surface area contributed by atoms with Gasteiger partial charge in [-0.25, -0.2) is 9.97 Å². The Bertz CT molecular complexity index is 673. The van der Waals surface area contributed by atoms with Gasteiger partial charge in [-0.2, -0.15) is 0 Å². The minimum absolute atomic E-state index is 0.247. The number of benzene rings is 1. The number of rotatable bonds is 8. The predicted octanol–water partition coefficient (Wildman–Crippen LogP) is 2.06. The van der Waals surface area contributed by atoms with Crippen molar-refractivity contribution in [3.05, 3.63) is 60.6 Å². The monoisotopic (exact) mass is 312 g/mol. The van der Waals surface area contributed by atoms with Gasteiger partial charge in [0.05, 0.1) is 7.11 Å². The number of methoxy groups -OCH3 is 1. The average molecular weight is 312 g/mol. The molecule has 6 heteroatoms. The maximum absolute atomic E-state index is 11.8. The van der Waals surface area contributed by atoms with Crippen LogP contribution in [0.25, 0.3) is 0 Å². The molecule has 0 aliphatic rings. The van der Waals surface area contributed by atoms with E-state index >= 15 is 0 Å². The number of ether oxygens (including phenoxy) is 1. The van der Waals surface area contributed by atoms with Gasteiger partial charge in [0.15, 0.2) is 0 Å². The maximum atomic E-state index is 11.8. The number of hydrogen-bond acceptors (Lipinski definition) is 5. The van der Waals surface area contributed by atoms with E-state index in [9.17, 15) is 4.79 Å². The molecule has 1 amide bonds. The van der Waals surface area contributed by atoms with Gasteiger partial charge < -0.3 is 15.4 Å². The molecule has 120 valence electrons. The van der Waals surface area contributed by atoms with E-state index in [-0.39, 0.29) is 5.91 Å². The summed E-state index contributed by atoms with van der Waals surface area (Å²) in [5.41, 5.74) is 1.49. The SMILES string of the molecule is C=CCNC(=O)c1cc(NCCc2cccc(OC)c2)ncn1. The Hall–Kier alpha value is -2.89. The Morgan fingerprint density at radius 2 is 2.22 bits per heavy atom. The van der Waals surface area contributed by atoms with Gasteiger partial charge >= 0.3 is 0 Å². The van der Waals surface area contributed by atoms with Crippen molar-refractivity contribution >= 4 is 11.7 Å². The van der Waals surface area contributed by atoms with Crippen LogP contribution in [0, 0.1) is 0 Å². The number of nitrogens with zero attached hydrogens (tertiary/aromatic N) is 2. The third kappa shape index (κ3) is 5.10. The summed E-state index contributed by atoms with van der Waals surface area (Å²) in [7, 11) is 1.65. The second-order valence-electron chi connectivity index (χ2n) is 4.82. The first-order valence-corrected chi connectivity index (χ1v) is 7.31. The van der Waals surface area contributed by atoms with Crippen LogP contribution in [0.4, 0.5) is 5.82 Å². The molecule has 0 aliphatic heterocycles. The first kappa shape index (κ1) is 16.5. The van der Waals surface area contributed by atoms with E-state index < -0.39 is 0 Å². The number of hydrogen-bond donors (Lipinski definition) is 2. The summed E-state index contributed by atoms with van der Waals surface area (Å²) >= 11 is 0. The van der Waals surface area contributed by atoms with Crippen molar-refractivity contribution in [1.82, 2.24) is 15.3 Å². The van der Waals surface area contributed by atoms with Gasteiger partial charge in [0.1, 0.15) is 23.6 Å². The Balaban J connectivity index is 1.90. The van der Waals surface area contributed by atoms with Crippen molar-refractivity contribution in [1.29, 1.82) is 0 Å². The van der Waals surface area contributed by atoms with Crippen LogP contribution in [0.5, 0.6) is 5.75 Å². The van der Waals surface area contributed by atoms with E-state index in [0.29, 0.717) is 24.6 Å². The van der Waals surface area contributed by atoms with Crippen LogP contribution in [0.2, 0.25) is 0 Å². The Labute approximate surface area is 135 Å². The molecule has 0 bridgehead atoms. The van der Waals surface area contributed by atoms with Gasteiger partial charge in [0.25, 0.3) is 5.91 Å². The fourth-order valence-electron chi connectivity index (χ4n) is 2.00. The quantitative estimate of drug-likeness (QED) is 0.730. The molecule has 0 saturated heterocycles. The summed E-state index contributed by atoms with van der Waals surface area (Å²) in [6, 6.07) is 9.54. The first-order valence-electron chi connectivity index (χ1n) is 7.31. The molecule has 1 heterocycles. The Morgan fingerprint density at radius 1 is 1.35 bits per heavy atom. The summed E-state index contributed by atoms with van der Waals surface area (Å²) < 4.78 is 5.20. The zero-order valence-electron chi connectivity index (χ0n) is 13.1. The molecule has 0 spiro atoms. The van der Waals surface area contributed by atoms with Gasteiger partial charge in [-0.15, -0.1) is 6.58 Å². The molecular weight excluding hydrogens is 292 g/mol. The molecule has 2 aromatic rings. The molecule has 2 N–H and O–H groups in total. The lowest BCUT2D eigenvalue weighted by Crippen LogP contribution is -2.24. The summed E-state index contributed by atoms with van der Waals surface area (Å²) in [5.74, 6) is 1.21. The van der Waals surface area contributed by atoms with Crippen molar-refractivity contribution in [2.75, 3.05) is 25.5 Å². The second kappa shape index (κ2) is 8.53. The van der Waals surface area contributed by atoms with Gasteiger partial charge in [0.2, 0.25) is 0 Å². The molecule has 23 heavy (non-hydrogen) atoms. The zero-order valence-corrected chi connectivity index (χ0v) is 13.1. The Morgan fingerprint density at radius 3 is 3.00 bits per heavy atom. The minimum atomic E-state index is -0.247. The summed E-state index contributed by atoms with van der Waals surface area (Å²) in [4.78, 5) is 19.9. The van der Waals surface area contributed by atoms with Gasteiger partial charge in [-0.05, 0) is 24.1 Å². The van der Waals surface area contributed by atoms with Gasteiger partial charge in [-0.1, -0.05) is 18.2 Å². The molecule has 0 unspecified atom stereocenters. The fraction of sp³-hybridized carbons (Fsp3) is 0.235. The van der Waals surface area contributed by atoms with Crippen molar-refractivity contribution in [2.24, 2.45) is 0 Å². The van der Waals surface area contributed by atoms with Crippen molar-refractivity contribution in [3.8, 4) is 5.75 Å². The molecular formula is C17H20N4O2. The van der Waals surface area contributed by atoms with Crippen LogP contribution in [-0.2, 0) is 6.42 Å². The van der Waals surface area contributed by atoms with Crippen molar-refractivity contribution in [3.63, 3.8) is 0 Å². The van der Waals surface area contributed by atoms with Crippen molar-refractivity contribution in [2.45, 2.75) is 6.42 Å². The Kier molecular flexibility index (Phi) is 6.11. The highest BCUT2D eigenvalue weighted by atomic mass is 16.5. The highest BCUT2D eigenvalue weighted by Crippen LogP contribution is 2.13. The van der Waals surface area contributed by atoms with E-state index in [4.69, 9.17) is 4.74 Å². The van der Waals surface area contributed by atoms with E-state index in [1.165, 1.54) is 6.33 Å². The summed E-state index contributed by atoms with van der Waals surface area (Å²) in [6.45, 7) is 4.65. The van der Waals surface area contributed by atoms with Crippen LogP contribution in [0.15, 0.2) is 49.3 Å². The lowest BCUT2D eigenvalue weighted by molar-refractivity contribution is 0.0953. The number of carbonyl (C=O) groups is 1. The van der Waals surface area contributed by atoms with Crippen LogP contribution in [0.3, 0.4) is 0 Å². The third-order valence-electron chi connectivity index (χ3n) is 3.16. The summed E-state index contributed by atoms with van der Waals surface area (Å²) in [6.07, 6.45) is 3.81. The number of anilines is 1. The highest BCUT2D eigenvalue weighted by molar-refractivity contribution is 5.92. The molecule has 0 aliphatic carbocycles. The normalized spacial score (nSPS) is 9.96. The average Bonchev–Trinajstić information content (AvgIpc) is 2.60. The lowest BCUT2D eigenvalue weighted by Gasteiger charge is -2.08. The maximum Gasteiger partial charge on any atom is 0.270 e. The minimum Gasteiger partial charge on any atom is -0.497 e. The van der Waals surface area contributed by atoms with Crippen LogP contribution in [-0.4, -0.2) is 36.1 Å². The van der Waals surface area contributed by atoms with Crippen LogP contribution in [0.1, 0.15) is 16.1 Å². The van der Waals surface area contributed by atoms with Crippen molar-refractivity contribution < 1.29 is 9.53 Å². The lowest BCUT2D eigenvalue weighted by atomic mass is 10.1. The first-order chi connectivity index (χ1) is 11.2. The predicted molar refractivity (Wildman–Crippen MR) is 89.7 cm³/mol. The molecule has 0 fully saturated rings. The molecule has 0 radical (unpaired) electrons. The van der Waals surface area contributed by atoms with E-state index in [2.05, 4.69) is 27.2 Å². The molecule has 0 atom stereocenters. The second-order valence-corrected chi connectivity index (χ2v) is 4.82. The topological polar surface area (TPSA) is 76.1 Å². The molecule has 1 aromatic carbocycles. The summed E-state index contributed by atoms with van der Waals surface area (Å²) in [5, 5.41) is 5.87. The molecule has 1 aromatic heterocycles. The third-order valence-corrected chi connectivity index (χ3v) is 3.16. The highest BCUT2D eigenvalue weighted by Gasteiger charge is 2.07. The van der Waals surface area contributed by atoms with Crippen LogP contribution >= 0.6 is 0 Å². The number of amides is 1. The van der Waals surface area contributed by atoms with Gasteiger partial charge in [0, 0.05) is 19.2 Å². The smallest absolute Gasteiger partial charge is 0.270 e. The van der Waals surface area contributed by atoms with Gasteiger partial charge in [-0.3, -0.25) is 4.79 Å². The number of carbonyl (C=O) groups excluding carboxylic acids is 1. The molecule has 2 rings (SSSR count). The van der Waals surface area contributed by atoms with E-state index in [1.807, 2.05) is 24.3 Å².